The molecule has 0 aromatic heterocycles. The second-order valence-electron chi connectivity index (χ2n) is 8.92. The van der Waals surface area contributed by atoms with Crippen molar-refractivity contribution in [1.29, 1.82) is 0 Å². The van der Waals surface area contributed by atoms with Crippen molar-refractivity contribution < 1.29 is 4.79 Å². The normalized spacial score (nSPS) is 42.8. The van der Waals surface area contributed by atoms with Crippen molar-refractivity contribution in [3.63, 3.8) is 0 Å². The second-order valence-corrected chi connectivity index (χ2v) is 8.92. The summed E-state index contributed by atoms with van der Waals surface area (Å²) in [6.07, 6.45) is 14.4. The van der Waals surface area contributed by atoms with Gasteiger partial charge in [-0.1, -0.05) is 37.1 Å². The average Bonchev–Trinajstić information content (AvgIpc) is 2.57. The van der Waals surface area contributed by atoms with Crippen molar-refractivity contribution in [3.8, 4) is 0 Å². The minimum absolute atomic E-state index is 0.265. The molecular weight excluding hydrogens is 292 g/mol. The van der Waals surface area contributed by atoms with Gasteiger partial charge in [0.05, 0.1) is 0 Å². The molecule has 0 amide bonds. The summed E-state index contributed by atoms with van der Waals surface area (Å²) in [4.78, 5) is 11.9. The van der Waals surface area contributed by atoms with Crippen molar-refractivity contribution in [2.45, 2.75) is 72.6 Å². The summed E-state index contributed by atoms with van der Waals surface area (Å²) in [5.74, 6) is 2.57. The molecule has 5 unspecified atom stereocenters. The molecule has 3 rings (SSSR count). The molecule has 0 aromatic carbocycles. The van der Waals surface area contributed by atoms with E-state index in [0.29, 0.717) is 17.1 Å². The van der Waals surface area contributed by atoms with Gasteiger partial charge in [0.2, 0.25) is 0 Å². The Balaban J connectivity index is 1.98. The lowest BCUT2D eigenvalue weighted by Gasteiger charge is -2.59. The van der Waals surface area contributed by atoms with E-state index in [1.807, 2.05) is 6.08 Å². The SMILES string of the molecule is C=CCC1C2CCC3=CC(=O)CCC3(C)C2CCC1(C)/C(C)=C/C. The first-order valence-corrected chi connectivity index (χ1v) is 9.85. The molecule has 0 radical (unpaired) electrons. The summed E-state index contributed by atoms with van der Waals surface area (Å²) < 4.78 is 0. The van der Waals surface area contributed by atoms with Gasteiger partial charge in [-0.15, -0.1) is 6.58 Å². The Morgan fingerprint density at radius 1 is 1.29 bits per heavy atom. The van der Waals surface area contributed by atoms with E-state index < -0.39 is 0 Å². The Hall–Kier alpha value is -1.11. The molecule has 0 bridgehead atoms. The van der Waals surface area contributed by atoms with E-state index in [2.05, 4.69) is 46.4 Å². The number of carbonyl (C=O) groups excluding carboxylic acids is 1. The molecule has 1 nitrogen and oxygen atoms in total. The van der Waals surface area contributed by atoms with Crippen molar-refractivity contribution in [2.24, 2.45) is 28.6 Å². The third-order valence-corrected chi connectivity index (χ3v) is 8.11. The van der Waals surface area contributed by atoms with Crippen LogP contribution < -0.4 is 0 Å². The standard InChI is InChI=1S/C23H34O/c1-6-8-20-19-10-9-17-15-18(24)11-13-23(17,5)21(19)12-14-22(20,4)16(3)7-2/h6-7,15,19-21H,1,8-14H2,2-5H3/b16-7+. The Morgan fingerprint density at radius 2 is 2.04 bits per heavy atom. The minimum atomic E-state index is 0.265. The predicted octanol–water partition coefficient (Wildman–Crippen LogP) is 6.27. The Morgan fingerprint density at radius 3 is 2.71 bits per heavy atom. The summed E-state index contributed by atoms with van der Waals surface area (Å²) >= 11 is 0. The third-order valence-electron chi connectivity index (χ3n) is 8.11. The maximum Gasteiger partial charge on any atom is 0.155 e. The van der Waals surface area contributed by atoms with Gasteiger partial charge in [0.15, 0.2) is 5.78 Å². The van der Waals surface area contributed by atoms with E-state index in [0.717, 1.165) is 37.5 Å². The van der Waals surface area contributed by atoms with Crippen molar-refractivity contribution in [1.82, 2.24) is 0 Å². The third kappa shape index (κ3) is 2.55. The molecule has 0 N–H and O–H groups in total. The molecule has 0 saturated heterocycles. The Labute approximate surface area is 148 Å². The summed E-state index contributed by atoms with van der Waals surface area (Å²) in [7, 11) is 0. The van der Waals surface area contributed by atoms with Crippen LogP contribution in [0.3, 0.4) is 0 Å². The fraction of sp³-hybridized carbons (Fsp3) is 0.696. The molecule has 3 aliphatic rings. The molecule has 132 valence electrons. The monoisotopic (exact) mass is 326 g/mol. The van der Waals surface area contributed by atoms with Crippen LogP contribution in [-0.2, 0) is 4.79 Å². The van der Waals surface area contributed by atoms with Gasteiger partial charge < -0.3 is 0 Å². The molecule has 1 heteroatoms. The number of hydrogen-bond acceptors (Lipinski definition) is 1. The Bertz CT molecular complexity index is 595. The van der Waals surface area contributed by atoms with Gasteiger partial charge in [-0.3, -0.25) is 4.79 Å². The van der Waals surface area contributed by atoms with Gasteiger partial charge in [0.1, 0.15) is 0 Å². The van der Waals surface area contributed by atoms with Crippen LogP contribution in [0.15, 0.2) is 36.0 Å². The second kappa shape index (κ2) is 6.32. The fourth-order valence-corrected chi connectivity index (χ4v) is 6.31. The maximum atomic E-state index is 11.9. The van der Waals surface area contributed by atoms with Crippen LogP contribution in [0.1, 0.15) is 72.6 Å². The summed E-state index contributed by atoms with van der Waals surface area (Å²) in [5.41, 5.74) is 3.59. The zero-order valence-corrected chi connectivity index (χ0v) is 16.0. The molecule has 0 aromatic rings. The molecule has 2 saturated carbocycles. The van der Waals surface area contributed by atoms with Crippen LogP contribution in [-0.4, -0.2) is 5.78 Å². The highest BCUT2D eigenvalue weighted by molar-refractivity contribution is 5.91. The highest BCUT2D eigenvalue weighted by atomic mass is 16.1. The first-order valence-electron chi connectivity index (χ1n) is 9.85. The number of hydrogen-bond donors (Lipinski definition) is 0. The largest absolute Gasteiger partial charge is 0.295 e. The van der Waals surface area contributed by atoms with Crippen LogP contribution in [0.25, 0.3) is 0 Å². The van der Waals surface area contributed by atoms with Crippen LogP contribution in [0.2, 0.25) is 0 Å². The molecule has 3 aliphatic carbocycles. The summed E-state index contributed by atoms with van der Waals surface area (Å²) in [5, 5.41) is 0. The number of allylic oxidation sites excluding steroid dienone is 5. The fourth-order valence-electron chi connectivity index (χ4n) is 6.31. The molecule has 5 atom stereocenters. The van der Waals surface area contributed by atoms with Crippen molar-refractivity contribution >= 4 is 5.78 Å². The lowest BCUT2D eigenvalue weighted by molar-refractivity contribution is -0.117. The summed E-state index contributed by atoms with van der Waals surface area (Å²) in [6, 6.07) is 0. The van der Waals surface area contributed by atoms with E-state index >= 15 is 0 Å². The van der Waals surface area contributed by atoms with Gasteiger partial charge >= 0.3 is 0 Å². The van der Waals surface area contributed by atoms with E-state index in [4.69, 9.17) is 0 Å². The lowest BCUT2D eigenvalue weighted by atomic mass is 9.45. The number of carbonyl (C=O) groups is 1. The number of fused-ring (bicyclic) bond motifs is 3. The zero-order chi connectivity index (χ0) is 17.5. The molecule has 0 heterocycles. The van der Waals surface area contributed by atoms with Crippen molar-refractivity contribution in [2.75, 3.05) is 0 Å². The van der Waals surface area contributed by atoms with Crippen LogP contribution >= 0.6 is 0 Å². The average molecular weight is 327 g/mol. The maximum absolute atomic E-state index is 11.9. The van der Waals surface area contributed by atoms with Gasteiger partial charge in [0.25, 0.3) is 0 Å². The van der Waals surface area contributed by atoms with Crippen molar-refractivity contribution in [3.05, 3.63) is 36.0 Å². The molecule has 0 spiro atoms. The van der Waals surface area contributed by atoms with E-state index in [-0.39, 0.29) is 5.41 Å². The minimum Gasteiger partial charge on any atom is -0.295 e. The first-order chi connectivity index (χ1) is 11.4. The van der Waals surface area contributed by atoms with Gasteiger partial charge in [-0.25, -0.2) is 0 Å². The molecular formula is C23H34O. The number of ketones is 1. The van der Waals surface area contributed by atoms with Gasteiger partial charge in [-0.2, -0.15) is 0 Å². The lowest BCUT2D eigenvalue weighted by Crippen LogP contribution is -2.51. The smallest absolute Gasteiger partial charge is 0.155 e. The van der Waals surface area contributed by atoms with Crippen LogP contribution in [0.4, 0.5) is 0 Å². The van der Waals surface area contributed by atoms with Gasteiger partial charge in [-0.05, 0) is 87.0 Å². The Kier molecular flexibility index (Phi) is 4.66. The van der Waals surface area contributed by atoms with Crippen LogP contribution in [0.5, 0.6) is 0 Å². The molecule has 24 heavy (non-hydrogen) atoms. The van der Waals surface area contributed by atoms with Crippen LogP contribution in [0, 0.1) is 28.6 Å². The van der Waals surface area contributed by atoms with Gasteiger partial charge in [0, 0.05) is 6.42 Å². The highest BCUT2D eigenvalue weighted by Gasteiger charge is 2.54. The topological polar surface area (TPSA) is 17.1 Å². The summed E-state index contributed by atoms with van der Waals surface area (Å²) in [6.45, 7) is 13.5. The number of rotatable bonds is 3. The molecule has 2 fully saturated rings. The quantitative estimate of drug-likeness (QED) is 0.559. The highest BCUT2D eigenvalue weighted by Crippen LogP contribution is 2.63. The predicted molar refractivity (Wildman–Crippen MR) is 102 cm³/mol. The van der Waals surface area contributed by atoms with E-state index in [1.165, 1.54) is 24.8 Å². The zero-order valence-electron chi connectivity index (χ0n) is 16.0. The van der Waals surface area contributed by atoms with E-state index in [1.54, 1.807) is 5.57 Å². The van der Waals surface area contributed by atoms with E-state index in [9.17, 15) is 4.79 Å². The first kappa shape index (κ1) is 17.7. The molecule has 0 aliphatic heterocycles.